The highest BCUT2D eigenvalue weighted by atomic mass is 19.2. The number of amides is 1. The molecule has 0 spiro atoms. The maximum Gasteiger partial charge on any atom is 0.248 e. The van der Waals surface area contributed by atoms with Crippen LogP contribution in [0.3, 0.4) is 0 Å². The topological polar surface area (TPSA) is 29.1 Å². The van der Waals surface area contributed by atoms with Gasteiger partial charge in [0.25, 0.3) is 0 Å². The van der Waals surface area contributed by atoms with Gasteiger partial charge < -0.3 is 5.32 Å². The van der Waals surface area contributed by atoms with Gasteiger partial charge >= 0.3 is 0 Å². The van der Waals surface area contributed by atoms with Crippen LogP contribution in [-0.2, 0) is 4.79 Å². The number of nitrogens with one attached hydrogen (secondary N) is 1. The van der Waals surface area contributed by atoms with Gasteiger partial charge in [0, 0.05) is 17.8 Å². The second-order valence-corrected chi connectivity index (χ2v) is 4.37. The molecule has 0 aliphatic carbocycles. The second-order valence-electron chi connectivity index (χ2n) is 4.37. The van der Waals surface area contributed by atoms with Crippen molar-refractivity contribution in [2.24, 2.45) is 0 Å². The summed E-state index contributed by atoms with van der Waals surface area (Å²) in [6, 6.07) is 10.9. The molecule has 0 saturated carbocycles. The fourth-order valence-corrected chi connectivity index (χ4v) is 1.70. The van der Waals surface area contributed by atoms with Crippen molar-refractivity contribution >= 4 is 17.7 Å². The Morgan fingerprint density at radius 2 is 1.90 bits per heavy atom. The molecular weight excluding hydrogens is 260 g/mol. The highest BCUT2D eigenvalue weighted by Gasteiger charge is 2.04. The molecular formula is C16H13F2NO. The van der Waals surface area contributed by atoms with Crippen LogP contribution in [-0.4, -0.2) is 5.91 Å². The zero-order chi connectivity index (χ0) is 14.5. The molecule has 2 rings (SSSR count). The lowest BCUT2D eigenvalue weighted by molar-refractivity contribution is -0.111. The van der Waals surface area contributed by atoms with Gasteiger partial charge in [-0.15, -0.1) is 0 Å². The first-order valence-corrected chi connectivity index (χ1v) is 6.05. The van der Waals surface area contributed by atoms with Crippen molar-refractivity contribution in [3.63, 3.8) is 0 Å². The molecule has 0 saturated heterocycles. The number of rotatable bonds is 3. The van der Waals surface area contributed by atoms with Gasteiger partial charge in [0.15, 0.2) is 11.6 Å². The molecule has 0 aliphatic rings. The van der Waals surface area contributed by atoms with Crippen molar-refractivity contribution in [1.82, 2.24) is 0 Å². The first-order chi connectivity index (χ1) is 9.54. The Bertz CT molecular complexity index is 665. The molecule has 0 heterocycles. The maximum atomic E-state index is 13.0. The van der Waals surface area contributed by atoms with E-state index in [0.29, 0.717) is 0 Å². The Kier molecular flexibility index (Phi) is 4.25. The maximum absolute atomic E-state index is 13.0. The summed E-state index contributed by atoms with van der Waals surface area (Å²) in [7, 11) is 0. The molecule has 2 aromatic carbocycles. The lowest BCUT2D eigenvalue weighted by Gasteiger charge is -2.02. The summed E-state index contributed by atoms with van der Waals surface area (Å²) in [6.45, 7) is 1.96. The molecule has 102 valence electrons. The van der Waals surface area contributed by atoms with E-state index in [9.17, 15) is 13.6 Å². The van der Waals surface area contributed by atoms with Gasteiger partial charge in [-0.05, 0) is 30.7 Å². The molecule has 1 amide bonds. The summed E-state index contributed by atoms with van der Waals surface area (Å²) in [6.07, 6.45) is 3.00. The fourth-order valence-electron chi connectivity index (χ4n) is 1.70. The average Bonchev–Trinajstić information content (AvgIpc) is 2.41. The van der Waals surface area contributed by atoms with Gasteiger partial charge in [-0.2, -0.15) is 0 Å². The molecule has 1 N–H and O–H groups in total. The average molecular weight is 273 g/mol. The third-order valence-corrected chi connectivity index (χ3v) is 2.66. The third kappa shape index (κ3) is 3.75. The van der Waals surface area contributed by atoms with Crippen LogP contribution in [0, 0.1) is 18.6 Å². The highest BCUT2D eigenvalue weighted by Crippen LogP contribution is 2.13. The monoisotopic (exact) mass is 273 g/mol. The normalized spacial score (nSPS) is 10.8. The Hall–Kier alpha value is -2.49. The van der Waals surface area contributed by atoms with Crippen LogP contribution in [0.5, 0.6) is 0 Å². The van der Waals surface area contributed by atoms with E-state index < -0.39 is 17.5 Å². The van der Waals surface area contributed by atoms with Crippen molar-refractivity contribution in [1.29, 1.82) is 0 Å². The van der Waals surface area contributed by atoms with Gasteiger partial charge in [0.05, 0.1) is 0 Å². The zero-order valence-electron chi connectivity index (χ0n) is 10.9. The Labute approximate surface area is 115 Å². The van der Waals surface area contributed by atoms with Crippen LogP contribution in [0.25, 0.3) is 6.08 Å². The molecule has 0 atom stereocenters. The molecule has 2 nitrogen and oxygen atoms in total. The largest absolute Gasteiger partial charge is 0.322 e. The van der Waals surface area contributed by atoms with Crippen molar-refractivity contribution in [3.05, 3.63) is 71.3 Å². The van der Waals surface area contributed by atoms with Crippen LogP contribution >= 0.6 is 0 Å². The number of hydrogen-bond donors (Lipinski definition) is 1. The number of anilines is 1. The standard InChI is InChI=1S/C16H13F2NO/c1-11-3-2-4-12(9-11)5-8-16(20)19-13-6-7-14(17)15(18)10-13/h2-10H,1H3,(H,19,20). The minimum atomic E-state index is -0.995. The molecule has 20 heavy (non-hydrogen) atoms. The van der Waals surface area contributed by atoms with E-state index in [2.05, 4.69) is 5.32 Å². The quantitative estimate of drug-likeness (QED) is 0.844. The summed E-state index contributed by atoms with van der Waals surface area (Å²) < 4.78 is 25.7. The summed E-state index contributed by atoms with van der Waals surface area (Å²) in [5, 5.41) is 2.46. The van der Waals surface area contributed by atoms with Crippen molar-refractivity contribution in [2.75, 3.05) is 5.32 Å². The Morgan fingerprint density at radius 3 is 2.60 bits per heavy atom. The molecule has 4 heteroatoms. The first-order valence-electron chi connectivity index (χ1n) is 6.05. The fraction of sp³-hybridized carbons (Fsp3) is 0.0625. The lowest BCUT2D eigenvalue weighted by Crippen LogP contribution is -2.08. The number of hydrogen-bond acceptors (Lipinski definition) is 1. The van der Waals surface area contributed by atoms with Gasteiger partial charge in [0.2, 0.25) is 5.91 Å². The molecule has 0 unspecified atom stereocenters. The van der Waals surface area contributed by atoms with Crippen LogP contribution in [0.15, 0.2) is 48.5 Å². The Morgan fingerprint density at radius 1 is 1.10 bits per heavy atom. The van der Waals surface area contributed by atoms with E-state index in [1.807, 2.05) is 31.2 Å². The molecule has 0 bridgehead atoms. The highest BCUT2D eigenvalue weighted by molar-refractivity contribution is 6.01. The van der Waals surface area contributed by atoms with Crippen molar-refractivity contribution < 1.29 is 13.6 Å². The predicted octanol–water partition coefficient (Wildman–Crippen LogP) is 3.93. The number of halogens is 2. The number of carbonyl (C=O) groups is 1. The summed E-state index contributed by atoms with van der Waals surface area (Å²) >= 11 is 0. The summed E-state index contributed by atoms with van der Waals surface area (Å²) in [5.74, 6) is -2.35. The minimum Gasteiger partial charge on any atom is -0.322 e. The Balaban J connectivity index is 2.03. The molecule has 0 aromatic heterocycles. The lowest BCUT2D eigenvalue weighted by atomic mass is 10.1. The minimum absolute atomic E-state index is 0.211. The zero-order valence-corrected chi connectivity index (χ0v) is 10.9. The number of carbonyl (C=O) groups excluding carboxylic acids is 1. The SMILES string of the molecule is Cc1cccc(C=CC(=O)Nc2ccc(F)c(F)c2)c1. The van der Waals surface area contributed by atoms with Crippen LogP contribution in [0.2, 0.25) is 0 Å². The van der Waals surface area contributed by atoms with Gasteiger partial charge in [0.1, 0.15) is 0 Å². The van der Waals surface area contributed by atoms with E-state index in [-0.39, 0.29) is 5.69 Å². The first kappa shape index (κ1) is 13.9. The molecule has 0 aliphatic heterocycles. The number of benzene rings is 2. The third-order valence-electron chi connectivity index (χ3n) is 2.66. The van der Waals surface area contributed by atoms with Crippen LogP contribution in [0.1, 0.15) is 11.1 Å². The number of aryl methyl sites for hydroxylation is 1. The smallest absolute Gasteiger partial charge is 0.248 e. The van der Waals surface area contributed by atoms with E-state index in [4.69, 9.17) is 0 Å². The summed E-state index contributed by atoms with van der Waals surface area (Å²) in [4.78, 5) is 11.7. The van der Waals surface area contributed by atoms with Crippen LogP contribution < -0.4 is 5.32 Å². The molecule has 2 aromatic rings. The van der Waals surface area contributed by atoms with Gasteiger partial charge in [-0.1, -0.05) is 29.8 Å². The predicted molar refractivity (Wildman–Crippen MR) is 75.2 cm³/mol. The molecule has 0 fully saturated rings. The second kappa shape index (κ2) is 6.10. The van der Waals surface area contributed by atoms with E-state index in [0.717, 1.165) is 23.3 Å². The van der Waals surface area contributed by atoms with Gasteiger partial charge in [-0.3, -0.25) is 4.79 Å². The van der Waals surface area contributed by atoms with Crippen LogP contribution in [0.4, 0.5) is 14.5 Å². The molecule has 0 radical (unpaired) electrons. The van der Waals surface area contributed by atoms with Crippen molar-refractivity contribution in [3.8, 4) is 0 Å². The van der Waals surface area contributed by atoms with Gasteiger partial charge in [-0.25, -0.2) is 8.78 Å². The van der Waals surface area contributed by atoms with Crippen molar-refractivity contribution in [2.45, 2.75) is 6.92 Å². The van der Waals surface area contributed by atoms with E-state index in [1.165, 1.54) is 12.1 Å². The summed E-state index contributed by atoms with van der Waals surface area (Å²) in [5.41, 5.74) is 2.20. The van der Waals surface area contributed by atoms with E-state index in [1.54, 1.807) is 6.08 Å². The van der Waals surface area contributed by atoms with E-state index >= 15 is 0 Å².